The van der Waals surface area contributed by atoms with Gasteiger partial charge in [0.1, 0.15) is 11.3 Å². The molecule has 17 heavy (non-hydrogen) atoms. The van der Waals surface area contributed by atoms with Crippen molar-refractivity contribution in [2.45, 2.75) is 13.3 Å². The van der Waals surface area contributed by atoms with Crippen molar-refractivity contribution in [3.8, 4) is 0 Å². The highest BCUT2D eigenvalue weighted by molar-refractivity contribution is 5.88. The number of benzene rings is 1. The molecule has 0 aliphatic carbocycles. The summed E-state index contributed by atoms with van der Waals surface area (Å²) in [6.07, 6.45) is 1.19. The molecule has 1 fully saturated rings. The first-order chi connectivity index (χ1) is 8.34. The van der Waals surface area contributed by atoms with Crippen LogP contribution in [0.5, 0.6) is 0 Å². The Bertz CT molecular complexity index is 509. The Morgan fingerprint density at radius 3 is 3.12 bits per heavy atom. The summed E-state index contributed by atoms with van der Waals surface area (Å²) in [4.78, 5) is 10.3. The SMILES string of the molecule is Cc1nc2c(N3CCCNCC3)cccc2[nH]1. The zero-order valence-electron chi connectivity index (χ0n) is 10.2. The second-order valence-electron chi connectivity index (χ2n) is 4.59. The van der Waals surface area contributed by atoms with Crippen LogP contribution in [0.4, 0.5) is 5.69 Å². The van der Waals surface area contributed by atoms with E-state index in [9.17, 15) is 0 Å². The monoisotopic (exact) mass is 230 g/mol. The second kappa shape index (κ2) is 4.37. The smallest absolute Gasteiger partial charge is 0.112 e. The average molecular weight is 230 g/mol. The first-order valence-corrected chi connectivity index (χ1v) is 6.25. The highest BCUT2D eigenvalue weighted by Crippen LogP contribution is 2.25. The van der Waals surface area contributed by atoms with Crippen LogP contribution in [0.25, 0.3) is 11.0 Å². The molecule has 1 aromatic heterocycles. The molecule has 1 aromatic carbocycles. The van der Waals surface area contributed by atoms with E-state index >= 15 is 0 Å². The standard InChI is InChI=1S/C13H18N4/c1-10-15-11-4-2-5-12(13(11)16-10)17-8-3-6-14-7-9-17/h2,4-5,14H,3,6-9H2,1H3,(H,15,16). The molecule has 0 radical (unpaired) electrons. The van der Waals surface area contributed by atoms with Crippen LogP contribution in [0, 0.1) is 6.92 Å². The fraction of sp³-hybridized carbons (Fsp3) is 0.462. The van der Waals surface area contributed by atoms with Crippen molar-refractivity contribution in [3.05, 3.63) is 24.0 Å². The molecular weight excluding hydrogens is 212 g/mol. The molecule has 2 N–H and O–H groups in total. The molecule has 0 saturated carbocycles. The number of para-hydroxylation sites is 1. The predicted molar refractivity (Wildman–Crippen MR) is 70.5 cm³/mol. The summed E-state index contributed by atoms with van der Waals surface area (Å²) in [7, 11) is 0. The number of rotatable bonds is 1. The molecular formula is C13H18N4. The summed E-state index contributed by atoms with van der Waals surface area (Å²) in [6, 6.07) is 6.37. The normalized spacial score (nSPS) is 17.4. The second-order valence-corrected chi connectivity index (χ2v) is 4.59. The third-order valence-electron chi connectivity index (χ3n) is 3.29. The molecule has 0 unspecified atom stereocenters. The minimum Gasteiger partial charge on any atom is -0.368 e. The Morgan fingerprint density at radius 2 is 2.18 bits per heavy atom. The van der Waals surface area contributed by atoms with E-state index in [0.29, 0.717) is 0 Å². The fourth-order valence-electron chi connectivity index (χ4n) is 2.48. The number of H-pyrrole nitrogens is 1. The Labute approximate surface area is 101 Å². The predicted octanol–water partition coefficient (Wildman–Crippen LogP) is 1.67. The number of aromatic amines is 1. The molecule has 0 bridgehead atoms. The van der Waals surface area contributed by atoms with E-state index in [4.69, 9.17) is 0 Å². The van der Waals surface area contributed by atoms with Crippen LogP contribution in [0.1, 0.15) is 12.2 Å². The molecule has 1 saturated heterocycles. The van der Waals surface area contributed by atoms with Crippen LogP contribution in [-0.2, 0) is 0 Å². The summed E-state index contributed by atoms with van der Waals surface area (Å²) in [6.45, 7) is 6.35. The zero-order chi connectivity index (χ0) is 11.7. The highest BCUT2D eigenvalue weighted by Gasteiger charge is 2.13. The number of aromatic nitrogens is 2. The minimum atomic E-state index is 0.986. The van der Waals surface area contributed by atoms with E-state index < -0.39 is 0 Å². The van der Waals surface area contributed by atoms with Gasteiger partial charge in [0.05, 0.1) is 11.2 Å². The number of hydrogen-bond donors (Lipinski definition) is 2. The van der Waals surface area contributed by atoms with Crippen molar-refractivity contribution in [1.82, 2.24) is 15.3 Å². The number of aryl methyl sites for hydroxylation is 1. The van der Waals surface area contributed by atoms with Gasteiger partial charge in [-0.15, -0.1) is 0 Å². The number of fused-ring (bicyclic) bond motifs is 1. The lowest BCUT2D eigenvalue weighted by atomic mass is 10.2. The average Bonchev–Trinajstić information content (AvgIpc) is 2.55. The number of nitrogens with zero attached hydrogens (tertiary/aromatic N) is 2. The van der Waals surface area contributed by atoms with Gasteiger partial charge in [-0.3, -0.25) is 0 Å². The minimum absolute atomic E-state index is 0.986. The Hall–Kier alpha value is -1.55. The molecule has 4 heteroatoms. The fourth-order valence-corrected chi connectivity index (χ4v) is 2.48. The van der Waals surface area contributed by atoms with Gasteiger partial charge < -0.3 is 15.2 Å². The van der Waals surface area contributed by atoms with E-state index in [-0.39, 0.29) is 0 Å². The van der Waals surface area contributed by atoms with Gasteiger partial charge in [0.2, 0.25) is 0 Å². The lowest BCUT2D eigenvalue weighted by Gasteiger charge is -2.22. The maximum absolute atomic E-state index is 4.60. The summed E-state index contributed by atoms with van der Waals surface area (Å²) in [5, 5.41) is 3.43. The molecule has 2 heterocycles. The molecule has 2 aromatic rings. The molecule has 0 amide bonds. The quantitative estimate of drug-likeness (QED) is 0.783. The first-order valence-electron chi connectivity index (χ1n) is 6.25. The van der Waals surface area contributed by atoms with Crippen LogP contribution in [0.2, 0.25) is 0 Å². The molecule has 0 atom stereocenters. The van der Waals surface area contributed by atoms with Crippen LogP contribution >= 0.6 is 0 Å². The van der Waals surface area contributed by atoms with Gasteiger partial charge >= 0.3 is 0 Å². The number of nitrogens with one attached hydrogen (secondary N) is 2. The van der Waals surface area contributed by atoms with Crippen LogP contribution in [-0.4, -0.2) is 36.1 Å². The van der Waals surface area contributed by atoms with Gasteiger partial charge in [0.25, 0.3) is 0 Å². The highest BCUT2D eigenvalue weighted by atomic mass is 15.2. The maximum atomic E-state index is 4.60. The van der Waals surface area contributed by atoms with Gasteiger partial charge in [-0.1, -0.05) is 6.07 Å². The van der Waals surface area contributed by atoms with E-state index in [1.807, 2.05) is 6.92 Å². The third-order valence-corrected chi connectivity index (χ3v) is 3.29. The molecule has 1 aliphatic heterocycles. The Morgan fingerprint density at radius 1 is 1.24 bits per heavy atom. The zero-order valence-corrected chi connectivity index (χ0v) is 10.2. The third kappa shape index (κ3) is 2.00. The lowest BCUT2D eigenvalue weighted by molar-refractivity contribution is 0.724. The molecule has 3 rings (SSSR count). The van der Waals surface area contributed by atoms with Crippen molar-refractivity contribution in [3.63, 3.8) is 0 Å². The molecule has 0 spiro atoms. The summed E-state index contributed by atoms with van der Waals surface area (Å²) in [5.74, 6) is 0.986. The van der Waals surface area contributed by atoms with E-state index in [0.717, 1.165) is 43.0 Å². The summed E-state index contributed by atoms with van der Waals surface area (Å²) < 4.78 is 0. The summed E-state index contributed by atoms with van der Waals surface area (Å²) in [5.41, 5.74) is 3.50. The van der Waals surface area contributed by atoms with Crippen molar-refractivity contribution in [2.24, 2.45) is 0 Å². The number of hydrogen-bond acceptors (Lipinski definition) is 3. The molecule has 4 nitrogen and oxygen atoms in total. The van der Waals surface area contributed by atoms with Crippen molar-refractivity contribution >= 4 is 16.7 Å². The summed E-state index contributed by atoms with van der Waals surface area (Å²) >= 11 is 0. The Balaban J connectivity index is 2.03. The van der Waals surface area contributed by atoms with Crippen LogP contribution in [0.15, 0.2) is 18.2 Å². The largest absolute Gasteiger partial charge is 0.368 e. The number of anilines is 1. The molecule has 90 valence electrons. The van der Waals surface area contributed by atoms with Crippen molar-refractivity contribution in [1.29, 1.82) is 0 Å². The van der Waals surface area contributed by atoms with Gasteiger partial charge in [-0.25, -0.2) is 4.98 Å². The van der Waals surface area contributed by atoms with Gasteiger partial charge in [0.15, 0.2) is 0 Å². The topological polar surface area (TPSA) is 44.0 Å². The van der Waals surface area contributed by atoms with Crippen molar-refractivity contribution in [2.75, 3.05) is 31.1 Å². The van der Waals surface area contributed by atoms with E-state index in [1.165, 1.54) is 12.1 Å². The van der Waals surface area contributed by atoms with Crippen LogP contribution < -0.4 is 10.2 Å². The van der Waals surface area contributed by atoms with Gasteiger partial charge in [0, 0.05) is 19.6 Å². The van der Waals surface area contributed by atoms with Gasteiger partial charge in [-0.2, -0.15) is 0 Å². The Kier molecular flexibility index (Phi) is 2.73. The van der Waals surface area contributed by atoms with E-state index in [1.54, 1.807) is 0 Å². The maximum Gasteiger partial charge on any atom is 0.112 e. The van der Waals surface area contributed by atoms with E-state index in [2.05, 4.69) is 38.4 Å². The first kappa shape index (κ1) is 10.6. The van der Waals surface area contributed by atoms with Crippen LogP contribution in [0.3, 0.4) is 0 Å². The molecule has 1 aliphatic rings. The number of imidazole rings is 1. The van der Waals surface area contributed by atoms with Crippen molar-refractivity contribution < 1.29 is 0 Å². The lowest BCUT2D eigenvalue weighted by Crippen LogP contribution is -2.27. The van der Waals surface area contributed by atoms with Gasteiger partial charge in [-0.05, 0) is 32.0 Å².